The molecule has 1 aromatic heterocycles. The number of hydrogen-bond acceptors (Lipinski definition) is 4. The predicted octanol–water partition coefficient (Wildman–Crippen LogP) is 2.45. The third-order valence-electron chi connectivity index (χ3n) is 4.11. The molecule has 3 rings (SSSR count). The van der Waals surface area contributed by atoms with Gasteiger partial charge in [0.05, 0.1) is 16.8 Å². The number of hydrogen-bond donors (Lipinski definition) is 3. The lowest BCUT2D eigenvalue weighted by molar-refractivity contribution is 0.142. The number of fused-ring (bicyclic) bond motifs is 1. The summed E-state index contributed by atoms with van der Waals surface area (Å²) in [6.45, 7) is 0.272. The normalized spacial score (nSPS) is 16.2. The van der Waals surface area contributed by atoms with Gasteiger partial charge in [0.25, 0.3) is 6.43 Å². The van der Waals surface area contributed by atoms with Crippen molar-refractivity contribution in [3.8, 4) is 0 Å². The lowest BCUT2D eigenvalue weighted by atomic mass is 10.1. The van der Waals surface area contributed by atoms with Gasteiger partial charge in [0.1, 0.15) is 9.84 Å². The first kappa shape index (κ1) is 17.6. The second-order valence-electron chi connectivity index (χ2n) is 6.53. The van der Waals surface area contributed by atoms with Crippen molar-refractivity contribution >= 4 is 32.6 Å². The number of halogens is 2. The number of urea groups is 1. The summed E-state index contributed by atoms with van der Waals surface area (Å²) < 4.78 is 48.1. The zero-order chi connectivity index (χ0) is 18.2. The quantitative estimate of drug-likeness (QED) is 0.724. The zero-order valence-corrected chi connectivity index (χ0v) is 14.3. The Morgan fingerprint density at radius 1 is 1.40 bits per heavy atom. The van der Waals surface area contributed by atoms with Gasteiger partial charge in [-0.25, -0.2) is 27.0 Å². The van der Waals surface area contributed by atoms with Gasteiger partial charge in [-0.05, 0) is 31.0 Å². The lowest BCUT2D eigenvalue weighted by Gasteiger charge is -2.15. The van der Waals surface area contributed by atoms with Crippen LogP contribution in [0.5, 0.6) is 0 Å². The Balaban J connectivity index is 1.60. The first-order valence-corrected chi connectivity index (χ1v) is 9.72. The van der Waals surface area contributed by atoms with Crippen LogP contribution in [0.3, 0.4) is 0 Å². The Morgan fingerprint density at radius 3 is 2.72 bits per heavy atom. The highest BCUT2D eigenvalue weighted by atomic mass is 32.2. The van der Waals surface area contributed by atoms with E-state index >= 15 is 0 Å². The molecule has 2 aromatic rings. The summed E-state index contributed by atoms with van der Waals surface area (Å²) in [5.74, 6) is -0.371. The minimum atomic E-state index is -3.10. The maximum Gasteiger partial charge on any atom is 0.319 e. The van der Waals surface area contributed by atoms with Gasteiger partial charge in [-0.2, -0.15) is 0 Å². The number of rotatable bonds is 6. The molecule has 3 N–H and O–H groups in total. The summed E-state index contributed by atoms with van der Waals surface area (Å²) in [5, 5.41) is 5.27. The highest BCUT2D eigenvalue weighted by Gasteiger charge is 2.45. The Labute approximate surface area is 143 Å². The van der Waals surface area contributed by atoms with Crippen molar-refractivity contribution in [2.24, 2.45) is 5.41 Å². The van der Waals surface area contributed by atoms with Gasteiger partial charge in [-0.15, -0.1) is 0 Å². The standard InChI is InChI=1S/C15H18F2N4O3S/c1-25(23,24)8-15(4-5-15)7-18-14(22)19-9-2-3-10-11(6-9)21-13(20-10)12(16)17/h2-3,6,12H,4-5,7-8H2,1H3,(H,20,21)(H2,18,19,22). The highest BCUT2D eigenvalue weighted by Crippen LogP contribution is 2.46. The monoisotopic (exact) mass is 372 g/mol. The topological polar surface area (TPSA) is 104 Å². The molecule has 0 atom stereocenters. The van der Waals surface area contributed by atoms with Crippen LogP contribution in [0.15, 0.2) is 18.2 Å². The molecule has 1 aliphatic carbocycles. The van der Waals surface area contributed by atoms with E-state index in [0.717, 1.165) is 12.8 Å². The lowest BCUT2D eigenvalue weighted by Crippen LogP contribution is -2.36. The van der Waals surface area contributed by atoms with Crippen LogP contribution < -0.4 is 10.6 Å². The number of amides is 2. The van der Waals surface area contributed by atoms with Gasteiger partial charge in [0.15, 0.2) is 5.82 Å². The van der Waals surface area contributed by atoms with Gasteiger partial charge in [0, 0.05) is 23.9 Å². The first-order chi connectivity index (χ1) is 11.7. The second-order valence-corrected chi connectivity index (χ2v) is 8.67. The van der Waals surface area contributed by atoms with Crippen LogP contribution >= 0.6 is 0 Å². The van der Waals surface area contributed by atoms with Gasteiger partial charge < -0.3 is 15.6 Å². The van der Waals surface area contributed by atoms with Crippen LogP contribution in [-0.4, -0.2) is 43.0 Å². The average molecular weight is 372 g/mol. The number of aromatic amines is 1. The molecule has 0 radical (unpaired) electrons. The second kappa shape index (κ2) is 6.25. The molecule has 25 heavy (non-hydrogen) atoms. The molecule has 1 saturated carbocycles. The minimum Gasteiger partial charge on any atom is -0.337 e. The van der Waals surface area contributed by atoms with E-state index in [-0.39, 0.29) is 17.7 Å². The molecule has 0 unspecified atom stereocenters. The third-order valence-corrected chi connectivity index (χ3v) is 5.25. The van der Waals surface area contributed by atoms with Crippen molar-refractivity contribution in [2.45, 2.75) is 19.3 Å². The van der Waals surface area contributed by atoms with E-state index < -0.39 is 28.1 Å². The molecule has 7 nitrogen and oxygen atoms in total. The number of carbonyl (C=O) groups is 1. The maximum atomic E-state index is 12.6. The van der Waals surface area contributed by atoms with Crippen molar-refractivity contribution in [1.29, 1.82) is 0 Å². The molecule has 1 heterocycles. The van der Waals surface area contributed by atoms with E-state index in [4.69, 9.17) is 0 Å². The zero-order valence-electron chi connectivity index (χ0n) is 13.5. The van der Waals surface area contributed by atoms with Crippen molar-refractivity contribution in [3.63, 3.8) is 0 Å². The molecule has 1 aromatic carbocycles. The largest absolute Gasteiger partial charge is 0.337 e. The van der Waals surface area contributed by atoms with Gasteiger partial charge >= 0.3 is 6.03 Å². The summed E-state index contributed by atoms with van der Waals surface area (Å²) in [7, 11) is -3.10. The van der Waals surface area contributed by atoms with Crippen molar-refractivity contribution in [3.05, 3.63) is 24.0 Å². The van der Waals surface area contributed by atoms with Crippen molar-refractivity contribution in [1.82, 2.24) is 15.3 Å². The number of anilines is 1. The Hall–Kier alpha value is -2.23. The fraction of sp³-hybridized carbons (Fsp3) is 0.467. The summed E-state index contributed by atoms with van der Waals surface area (Å²) in [5.41, 5.74) is 0.822. The molecule has 2 amide bonds. The molecule has 136 valence electrons. The predicted molar refractivity (Wildman–Crippen MR) is 89.4 cm³/mol. The summed E-state index contributed by atoms with van der Waals surface area (Å²) in [6, 6.07) is 4.12. The molecule has 0 saturated heterocycles. The number of sulfone groups is 1. The molecule has 0 aliphatic heterocycles. The Morgan fingerprint density at radius 2 is 2.12 bits per heavy atom. The van der Waals surface area contributed by atoms with Crippen LogP contribution in [0.4, 0.5) is 19.3 Å². The molecule has 10 heteroatoms. The third kappa shape index (κ3) is 4.44. The van der Waals surface area contributed by atoms with Gasteiger partial charge in [0.2, 0.25) is 0 Å². The van der Waals surface area contributed by atoms with Crippen LogP contribution in [-0.2, 0) is 9.84 Å². The van der Waals surface area contributed by atoms with E-state index in [9.17, 15) is 22.0 Å². The van der Waals surface area contributed by atoms with E-state index in [0.29, 0.717) is 16.7 Å². The fourth-order valence-corrected chi connectivity index (χ4v) is 4.26. The Bertz CT molecular complexity index is 907. The number of benzene rings is 1. The van der Waals surface area contributed by atoms with Crippen LogP contribution in [0.25, 0.3) is 11.0 Å². The number of imidazole rings is 1. The maximum absolute atomic E-state index is 12.6. The van der Waals surface area contributed by atoms with Crippen LogP contribution in [0, 0.1) is 5.41 Å². The van der Waals surface area contributed by atoms with Gasteiger partial charge in [-0.1, -0.05) is 0 Å². The van der Waals surface area contributed by atoms with E-state index in [1.165, 1.54) is 18.4 Å². The fourth-order valence-electron chi connectivity index (χ4n) is 2.76. The first-order valence-electron chi connectivity index (χ1n) is 7.66. The average Bonchev–Trinajstić information content (AvgIpc) is 3.10. The molecule has 1 fully saturated rings. The van der Waals surface area contributed by atoms with Gasteiger partial charge in [-0.3, -0.25) is 0 Å². The Kier molecular flexibility index (Phi) is 4.40. The molecule has 1 aliphatic rings. The molecular formula is C15H18F2N4O3S. The van der Waals surface area contributed by atoms with E-state index in [1.807, 2.05) is 0 Å². The van der Waals surface area contributed by atoms with Crippen LogP contribution in [0.2, 0.25) is 0 Å². The number of nitrogens with zero attached hydrogens (tertiary/aromatic N) is 1. The molecule has 0 bridgehead atoms. The number of aromatic nitrogens is 2. The summed E-state index contributed by atoms with van der Waals surface area (Å²) >= 11 is 0. The van der Waals surface area contributed by atoms with Crippen molar-refractivity contribution in [2.75, 3.05) is 23.9 Å². The molecule has 0 spiro atoms. The molecular weight excluding hydrogens is 354 g/mol. The van der Waals surface area contributed by atoms with E-state index in [2.05, 4.69) is 20.6 Å². The smallest absolute Gasteiger partial charge is 0.319 e. The van der Waals surface area contributed by atoms with E-state index in [1.54, 1.807) is 6.07 Å². The minimum absolute atomic E-state index is 0.0524. The number of nitrogens with one attached hydrogen (secondary N) is 3. The SMILES string of the molecule is CS(=O)(=O)CC1(CNC(=O)Nc2ccc3nc(C(F)F)[nH]c3c2)CC1. The number of alkyl halides is 2. The van der Waals surface area contributed by atoms with Crippen molar-refractivity contribution < 1.29 is 22.0 Å². The number of H-pyrrole nitrogens is 1. The summed E-state index contributed by atoms with van der Waals surface area (Å²) in [6.07, 6.45) is 0.00500. The highest BCUT2D eigenvalue weighted by molar-refractivity contribution is 7.90. The van der Waals surface area contributed by atoms with Crippen LogP contribution in [0.1, 0.15) is 25.1 Å². The number of carbonyl (C=O) groups excluding carboxylic acids is 1. The summed E-state index contributed by atoms with van der Waals surface area (Å²) in [4.78, 5) is 18.2.